The smallest absolute Gasteiger partial charge is 0.222 e. The number of halogens is 1. The fourth-order valence-corrected chi connectivity index (χ4v) is 2.61. The molecule has 0 saturated heterocycles. The number of aromatic nitrogens is 1. The van der Waals surface area contributed by atoms with Crippen LogP contribution in [0.1, 0.15) is 12.5 Å². The molecule has 1 aromatic heterocycles. The van der Waals surface area contributed by atoms with E-state index in [1.165, 1.54) is 5.56 Å². The minimum Gasteiger partial charge on any atom is -0.489 e. The van der Waals surface area contributed by atoms with Gasteiger partial charge in [-0.25, -0.2) is 0 Å². The van der Waals surface area contributed by atoms with Crippen LogP contribution in [0.4, 0.5) is 5.88 Å². The second-order valence-electron chi connectivity index (χ2n) is 4.19. The van der Waals surface area contributed by atoms with Crippen molar-refractivity contribution in [2.75, 3.05) is 5.73 Å². The molecule has 1 aliphatic rings. The lowest BCUT2D eigenvalue weighted by molar-refractivity contribution is 0.255. The first-order valence-electron chi connectivity index (χ1n) is 5.35. The fraction of sp³-hybridized carbons (Fsp3) is 0.250. The van der Waals surface area contributed by atoms with Crippen LogP contribution in [0.25, 0.3) is 11.3 Å². The van der Waals surface area contributed by atoms with E-state index in [1.807, 2.05) is 6.07 Å². The topological polar surface area (TPSA) is 61.3 Å². The number of ether oxygens (including phenoxy) is 1. The quantitative estimate of drug-likeness (QED) is 0.878. The summed E-state index contributed by atoms with van der Waals surface area (Å²) < 4.78 is 11.7. The summed E-state index contributed by atoms with van der Waals surface area (Å²) in [6.07, 6.45) is 1.11. The van der Waals surface area contributed by atoms with E-state index in [4.69, 9.17) is 15.0 Å². The number of anilines is 1. The number of rotatable bonds is 1. The molecule has 0 amide bonds. The molecule has 1 unspecified atom stereocenters. The van der Waals surface area contributed by atoms with Crippen molar-refractivity contribution in [3.63, 3.8) is 0 Å². The van der Waals surface area contributed by atoms with Gasteiger partial charge in [-0.1, -0.05) is 21.1 Å². The molecule has 5 heteroatoms. The van der Waals surface area contributed by atoms with Gasteiger partial charge in [0, 0.05) is 22.5 Å². The van der Waals surface area contributed by atoms with Crippen molar-refractivity contribution in [2.45, 2.75) is 19.4 Å². The summed E-state index contributed by atoms with van der Waals surface area (Å²) in [4.78, 5) is 0. The molecule has 1 atom stereocenters. The molecule has 1 aliphatic heterocycles. The van der Waals surface area contributed by atoms with Gasteiger partial charge in [0.05, 0.1) is 0 Å². The maximum Gasteiger partial charge on any atom is 0.222 e. The summed E-state index contributed by atoms with van der Waals surface area (Å²) in [6, 6.07) is 5.74. The van der Waals surface area contributed by atoms with Gasteiger partial charge in [-0.05, 0) is 24.6 Å². The highest BCUT2D eigenvalue weighted by atomic mass is 79.9. The van der Waals surface area contributed by atoms with Crippen LogP contribution in [-0.4, -0.2) is 11.3 Å². The van der Waals surface area contributed by atoms with Gasteiger partial charge >= 0.3 is 0 Å². The molecule has 4 nitrogen and oxygen atoms in total. The van der Waals surface area contributed by atoms with Crippen LogP contribution in [-0.2, 0) is 6.42 Å². The second kappa shape index (κ2) is 3.77. The zero-order valence-corrected chi connectivity index (χ0v) is 10.8. The van der Waals surface area contributed by atoms with Gasteiger partial charge in [0.1, 0.15) is 17.5 Å². The summed E-state index contributed by atoms with van der Waals surface area (Å²) in [5, 5.41) is 3.93. The van der Waals surface area contributed by atoms with Gasteiger partial charge < -0.3 is 15.0 Å². The van der Waals surface area contributed by atoms with Crippen molar-refractivity contribution in [2.24, 2.45) is 0 Å². The summed E-state index contributed by atoms with van der Waals surface area (Å²) >= 11 is 3.49. The summed E-state index contributed by atoms with van der Waals surface area (Å²) in [6.45, 7) is 2.05. The van der Waals surface area contributed by atoms with Crippen molar-refractivity contribution >= 4 is 21.8 Å². The third-order valence-electron chi connectivity index (χ3n) is 2.76. The number of fused-ring (bicyclic) bond motifs is 1. The molecule has 2 aromatic rings. The van der Waals surface area contributed by atoms with Gasteiger partial charge in [0.25, 0.3) is 0 Å². The standard InChI is InChI=1S/C12H11BrN2O2/c1-6-2-7-3-8(13)4-9(12(7)16-6)10-5-11(14)17-15-10/h3-6H,2,14H2,1H3. The molecule has 17 heavy (non-hydrogen) atoms. The first-order valence-corrected chi connectivity index (χ1v) is 6.14. The van der Waals surface area contributed by atoms with Gasteiger partial charge in [-0.3, -0.25) is 0 Å². The lowest BCUT2D eigenvalue weighted by Crippen LogP contribution is -2.05. The first kappa shape index (κ1) is 10.7. The van der Waals surface area contributed by atoms with E-state index < -0.39 is 0 Å². The van der Waals surface area contributed by atoms with E-state index in [1.54, 1.807) is 6.07 Å². The SMILES string of the molecule is CC1Cc2cc(Br)cc(-c3cc(N)on3)c2O1. The highest BCUT2D eigenvalue weighted by Crippen LogP contribution is 2.40. The number of benzene rings is 1. The van der Waals surface area contributed by atoms with Crippen LogP contribution in [0.5, 0.6) is 5.75 Å². The Labute approximate surface area is 107 Å². The summed E-state index contributed by atoms with van der Waals surface area (Å²) in [5.41, 5.74) is 8.35. The summed E-state index contributed by atoms with van der Waals surface area (Å²) in [5.74, 6) is 1.19. The lowest BCUT2D eigenvalue weighted by Gasteiger charge is -2.07. The van der Waals surface area contributed by atoms with Crippen LogP contribution in [0.2, 0.25) is 0 Å². The minimum absolute atomic E-state index is 0.197. The predicted molar refractivity (Wildman–Crippen MR) is 67.8 cm³/mol. The molecule has 0 fully saturated rings. The van der Waals surface area contributed by atoms with Crippen LogP contribution in [0, 0.1) is 0 Å². The molecular formula is C12H11BrN2O2. The second-order valence-corrected chi connectivity index (χ2v) is 5.10. The van der Waals surface area contributed by atoms with E-state index in [2.05, 4.69) is 34.1 Å². The molecule has 2 N–H and O–H groups in total. The molecule has 0 radical (unpaired) electrons. The van der Waals surface area contributed by atoms with E-state index >= 15 is 0 Å². The number of nitrogens with two attached hydrogens (primary N) is 1. The molecule has 1 aromatic carbocycles. The summed E-state index contributed by atoms with van der Waals surface area (Å²) in [7, 11) is 0. The molecule has 3 rings (SSSR count). The molecule has 0 spiro atoms. The fourth-order valence-electron chi connectivity index (χ4n) is 2.10. The number of hydrogen-bond acceptors (Lipinski definition) is 4. The molecule has 0 bridgehead atoms. The van der Waals surface area contributed by atoms with Gasteiger partial charge in [0.2, 0.25) is 5.88 Å². The maximum absolute atomic E-state index is 5.81. The average molecular weight is 295 g/mol. The molecular weight excluding hydrogens is 284 g/mol. The highest BCUT2D eigenvalue weighted by Gasteiger charge is 2.24. The molecule has 0 aliphatic carbocycles. The van der Waals surface area contributed by atoms with Gasteiger partial charge in [-0.2, -0.15) is 0 Å². The van der Waals surface area contributed by atoms with Gasteiger partial charge in [0.15, 0.2) is 0 Å². The van der Waals surface area contributed by atoms with Crippen LogP contribution >= 0.6 is 15.9 Å². The molecule has 88 valence electrons. The zero-order chi connectivity index (χ0) is 12.0. The minimum atomic E-state index is 0.197. The predicted octanol–water partition coefficient (Wildman–Crippen LogP) is 3.01. The van der Waals surface area contributed by atoms with Crippen molar-refractivity contribution in [3.8, 4) is 17.0 Å². The van der Waals surface area contributed by atoms with E-state index in [-0.39, 0.29) is 6.10 Å². The maximum atomic E-state index is 5.81. The number of hydrogen-bond donors (Lipinski definition) is 1. The zero-order valence-electron chi connectivity index (χ0n) is 9.24. The van der Waals surface area contributed by atoms with E-state index in [0.717, 1.165) is 22.2 Å². The highest BCUT2D eigenvalue weighted by molar-refractivity contribution is 9.10. The number of nitrogens with zero attached hydrogens (tertiary/aromatic N) is 1. The third kappa shape index (κ3) is 1.80. The Morgan fingerprint density at radius 2 is 2.24 bits per heavy atom. The van der Waals surface area contributed by atoms with E-state index in [0.29, 0.717) is 11.6 Å². The monoisotopic (exact) mass is 294 g/mol. The average Bonchev–Trinajstić information content (AvgIpc) is 2.82. The molecule has 2 heterocycles. The Kier molecular flexibility index (Phi) is 2.36. The largest absolute Gasteiger partial charge is 0.489 e. The van der Waals surface area contributed by atoms with Crippen molar-refractivity contribution < 1.29 is 9.26 Å². The Balaban J connectivity index is 2.17. The Bertz CT molecular complexity index is 580. The van der Waals surface area contributed by atoms with Crippen molar-refractivity contribution in [1.82, 2.24) is 5.16 Å². The van der Waals surface area contributed by atoms with Gasteiger partial charge in [-0.15, -0.1) is 0 Å². The van der Waals surface area contributed by atoms with Crippen molar-refractivity contribution in [1.29, 1.82) is 0 Å². The van der Waals surface area contributed by atoms with E-state index in [9.17, 15) is 0 Å². The van der Waals surface area contributed by atoms with Crippen LogP contribution < -0.4 is 10.5 Å². The molecule has 0 saturated carbocycles. The lowest BCUT2D eigenvalue weighted by atomic mass is 10.0. The third-order valence-corrected chi connectivity index (χ3v) is 3.22. The first-order chi connectivity index (χ1) is 8.13. The van der Waals surface area contributed by atoms with Crippen molar-refractivity contribution in [3.05, 3.63) is 28.2 Å². The van der Waals surface area contributed by atoms with Crippen LogP contribution in [0.15, 0.2) is 27.2 Å². The Morgan fingerprint density at radius 3 is 2.94 bits per heavy atom. The van der Waals surface area contributed by atoms with Crippen LogP contribution in [0.3, 0.4) is 0 Å². The number of nitrogen functional groups attached to an aromatic ring is 1. The Morgan fingerprint density at radius 1 is 1.41 bits per heavy atom. The Hall–Kier alpha value is -1.49. The normalized spacial score (nSPS) is 17.9.